The van der Waals surface area contributed by atoms with Gasteiger partial charge in [0.15, 0.2) is 0 Å². The molecule has 2 aliphatic heterocycles. The van der Waals surface area contributed by atoms with Crippen molar-refractivity contribution in [2.75, 3.05) is 26.2 Å². The Labute approximate surface area is 165 Å². The molecule has 0 fully saturated rings. The molecule has 0 spiro atoms. The summed E-state index contributed by atoms with van der Waals surface area (Å²) in [5.74, 6) is 8.34. The molecule has 1 aliphatic carbocycles. The van der Waals surface area contributed by atoms with E-state index in [1.165, 1.54) is 0 Å². The first-order valence-electron chi connectivity index (χ1n) is 9.72. The predicted molar refractivity (Wildman–Crippen MR) is 113 cm³/mol. The molecule has 28 heavy (non-hydrogen) atoms. The van der Waals surface area contributed by atoms with E-state index in [1.54, 1.807) is 12.4 Å². The molecule has 0 saturated carbocycles. The molecule has 1 atom stereocenters. The van der Waals surface area contributed by atoms with E-state index in [1.807, 2.05) is 48.7 Å². The largest absolute Gasteiger partial charge is 0.492 e. The van der Waals surface area contributed by atoms with Gasteiger partial charge in [0, 0.05) is 12.1 Å². The molecular weight excluding hydrogens is 350 g/mol. The molecular formula is C22H26N5O+. The molecule has 0 amide bonds. The fourth-order valence-corrected chi connectivity index (χ4v) is 3.50. The number of quaternary nitrogens is 1. The predicted octanol–water partition coefficient (Wildman–Crippen LogP) is 3.12. The van der Waals surface area contributed by atoms with Crippen molar-refractivity contribution in [3.63, 3.8) is 0 Å². The lowest BCUT2D eigenvalue weighted by atomic mass is 10.0. The lowest BCUT2D eigenvalue weighted by molar-refractivity contribution is -0.750. The molecule has 3 aliphatic rings. The van der Waals surface area contributed by atoms with E-state index in [9.17, 15) is 0 Å². The van der Waals surface area contributed by atoms with E-state index in [0.717, 1.165) is 53.8 Å². The zero-order valence-electron chi connectivity index (χ0n) is 16.4. The highest BCUT2D eigenvalue weighted by molar-refractivity contribution is 6.01. The Hall–Kier alpha value is -2.80. The van der Waals surface area contributed by atoms with E-state index in [2.05, 4.69) is 23.7 Å². The molecule has 2 N–H and O–H groups in total. The number of hydrogen-bond donors (Lipinski definition) is 1. The maximum atomic E-state index is 6.75. The van der Waals surface area contributed by atoms with E-state index in [0.29, 0.717) is 6.61 Å². The van der Waals surface area contributed by atoms with Gasteiger partial charge in [0.05, 0.1) is 18.0 Å². The van der Waals surface area contributed by atoms with Gasteiger partial charge in [0.25, 0.3) is 5.84 Å². The van der Waals surface area contributed by atoms with E-state index in [-0.39, 0.29) is 4.59 Å². The van der Waals surface area contributed by atoms with Crippen molar-refractivity contribution in [1.82, 2.24) is 4.90 Å². The molecule has 1 unspecified atom stereocenters. The summed E-state index contributed by atoms with van der Waals surface area (Å²) < 4.78 is 6.01. The van der Waals surface area contributed by atoms with Crippen LogP contribution >= 0.6 is 0 Å². The average Bonchev–Trinajstić information content (AvgIpc) is 2.97. The zero-order valence-corrected chi connectivity index (χ0v) is 16.4. The molecule has 6 nitrogen and oxygen atoms in total. The van der Waals surface area contributed by atoms with Gasteiger partial charge in [-0.2, -0.15) is 10.8 Å². The van der Waals surface area contributed by atoms with Gasteiger partial charge in [-0.3, -0.25) is 4.99 Å². The van der Waals surface area contributed by atoms with Crippen molar-refractivity contribution in [1.29, 1.82) is 0 Å². The number of allylic oxidation sites excluding steroid dienone is 4. The molecule has 1 aromatic rings. The maximum absolute atomic E-state index is 6.75. The highest BCUT2D eigenvalue weighted by Crippen LogP contribution is 2.36. The third-order valence-corrected chi connectivity index (χ3v) is 5.28. The minimum Gasteiger partial charge on any atom is -0.492 e. The summed E-state index contributed by atoms with van der Waals surface area (Å²) in [5.41, 5.74) is 3.77. The van der Waals surface area contributed by atoms with Crippen LogP contribution in [-0.2, 0) is 0 Å². The van der Waals surface area contributed by atoms with Gasteiger partial charge >= 0.3 is 0 Å². The number of benzene rings is 1. The molecule has 6 heteroatoms. The lowest BCUT2D eigenvalue weighted by Crippen LogP contribution is -2.53. The summed E-state index contributed by atoms with van der Waals surface area (Å²) >= 11 is 0. The number of rotatable bonds is 8. The first kappa shape index (κ1) is 18.6. The van der Waals surface area contributed by atoms with Crippen LogP contribution in [0.5, 0.6) is 5.75 Å². The van der Waals surface area contributed by atoms with Crippen LogP contribution in [0.1, 0.15) is 19.4 Å². The SMILES string of the molecule is CCN(CC)CCOc1cccc(C2=NC(C3=CC=C3)=C3C=NC=C[N+]23N)c1. The molecule has 0 saturated heterocycles. The summed E-state index contributed by atoms with van der Waals surface area (Å²) in [7, 11) is 0. The second-order valence-electron chi connectivity index (χ2n) is 6.91. The van der Waals surface area contributed by atoms with Crippen molar-refractivity contribution >= 4 is 12.1 Å². The lowest BCUT2D eigenvalue weighted by Gasteiger charge is -2.26. The number of ether oxygens (including phenoxy) is 1. The Kier molecular flexibility index (Phi) is 5.09. The quantitative estimate of drug-likeness (QED) is 0.560. The molecule has 2 heterocycles. The Morgan fingerprint density at radius 2 is 2.04 bits per heavy atom. The number of nitrogens with two attached hydrogens (primary N) is 1. The van der Waals surface area contributed by atoms with Crippen molar-refractivity contribution in [2.24, 2.45) is 15.8 Å². The first-order valence-corrected chi connectivity index (χ1v) is 9.72. The summed E-state index contributed by atoms with van der Waals surface area (Å²) in [4.78, 5) is 11.5. The normalized spacial score (nSPS) is 22.3. The van der Waals surface area contributed by atoms with Crippen LogP contribution in [0.25, 0.3) is 0 Å². The highest BCUT2D eigenvalue weighted by atomic mass is 16.5. The summed E-state index contributed by atoms with van der Waals surface area (Å²) in [6.07, 6.45) is 11.5. The first-order chi connectivity index (χ1) is 13.7. The topological polar surface area (TPSA) is 63.2 Å². The second-order valence-corrected chi connectivity index (χ2v) is 6.91. The van der Waals surface area contributed by atoms with Gasteiger partial charge in [0.2, 0.25) is 5.70 Å². The smallest absolute Gasteiger partial charge is 0.265 e. The van der Waals surface area contributed by atoms with E-state index >= 15 is 0 Å². The molecule has 0 radical (unpaired) electrons. The molecule has 0 aromatic heterocycles. The van der Waals surface area contributed by atoms with Gasteiger partial charge in [-0.05, 0) is 31.3 Å². The van der Waals surface area contributed by atoms with Crippen LogP contribution in [-0.4, -0.2) is 47.8 Å². The monoisotopic (exact) mass is 376 g/mol. The van der Waals surface area contributed by atoms with Crippen LogP contribution in [0.4, 0.5) is 0 Å². The minimum atomic E-state index is 0.0207. The Balaban J connectivity index is 1.58. The van der Waals surface area contributed by atoms with Crippen LogP contribution < -0.4 is 10.6 Å². The number of hydrogen-bond acceptors (Lipinski definition) is 5. The molecule has 1 aromatic carbocycles. The van der Waals surface area contributed by atoms with Crippen LogP contribution in [0.15, 0.2) is 81.8 Å². The fraction of sp³-hybridized carbons (Fsp3) is 0.273. The molecule has 0 bridgehead atoms. The standard InChI is InChI=1S/C22H26N5O/c1-3-26(4-2)12-14-28-19-10-6-9-18(15-19)22-25-21(17-7-5-8-17)20-16-24-11-13-27(20,22)23/h5-11,13,15-16H,3-4,12,14,23H2,1-2H3/q+1. The molecule has 144 valence electrons. The third kappa shape index (κ3) is 3.26. The van der Waals surface area contributed by atoms with E-state index < -0.39 is 0 Å². The van der Waals surface area contributed by atoms with Crippen LogP contribution in [0, 0.1) is 0 Å². The number of nitrogens with zero attached hydrogens (tertiary/aromatic N) is 4. The van der Waals surface area contributed by atoms with Crippen molar-refractivity contribution < 1.29 is 9.33 Å². The van der Waals surface area contributed by atoms with Gasteiger partial charge in [-0.1, -0.05) is 38.1 Å². The number of amidine groups is 1. The summed E-state index contributed by atoms with van der Waals surface area (Å²) in [6.45, 7) is 7.94. The van der Waals surface area contributed by atoms with Crippen molar-refractivity contribution in [3.05, 3.63) is 77.4 Å². The third-order valence-electron chi connectivity index (χ3n) is 5.28. The van der Waals surface area contributed by atoms with Gasteiger partial charge in [-0.25, -0.2) is 0 Å². The summed E-state index contributed by atoms with van der Waals surface area (Å²) in [6, 6.07) is 7.99. The zero-order chi connectivity index (χ0) is 19.6. The van der Waals surface area contributed by atoms with Gasteiger partial charge in [0.1, 0.15) is 24.3 Å². The minimum absolute atomic E-state index is 0.0207. The van der Waals surface area contributed by atoms with Gasteiger partial charge < -0.3 is 9.64 Å². The maximum Gasteiger partial charge on any atom is 0.265 e. The fourth-order valence-electron chi connectivity index (χ4n) is 3.50. The van der Waals surface area contributed by atoms with E-state index in [4.69, 9.17) is 15.6 Å². The van der Waals surface area contributed by atoms with Crippen molar-refractivity contribution in [2.45, 2.75) is 13.8 Å². The Morgan fingerprint density at radius 1 is 1.21 bits per heavy atom. The Morgan fingerprint density at radius 3 is 2.75 bits per heavy atom. The van der Waals surface area contributed by atoms with Crippen molar-refractivity contribution in [3.8, 4) is 5.75 Å². The Bertz CT molecular complexity index is 949. The number of aliphatic imine (C=N–C) groups is 2. The van der Waals surface area contributed by atoms with Crippen LogP contribution in [0.3, 0.4) is 0 Å². The highest BCUT2D eigenvalue weighted by Gasteiger charge is 2.44. The van der Waals surface area contributed by atoms with Crippen LogP contribution in [0.2, 0.25) is 0 Å². The average molecular weight is 376 g/mol. The number of fused-ring (bicyclic) bond motifs is 1. The molecule has 4 rings (SSSR count). The number of likely N-dealkylation sites (N-methyl/N-ethyl adjacent to an activating group) is 1. The van der Waals surface area contributed by atoms with Gasteiger partial charge in [-0.15, -0.1) is 4.59 Å². The summed E-state index contributed by atoms with van der Waals surface area (Å²) in [5, 5.41) is 0. The second kappa shape index (κ2) is 7.67.